The Morgan fingerprint density at radius 2 is 1.97 bits per heavy atom. The number of carboxylic acid groups (broad SMARTS) is 1. The maximum Gasteiger partial charge on any atom is 0.309 e. The van der Waals surface area contributed by atoms with Crippen molar-refractivity contribution in [2.45, 2.75) is 33.3 Å². The lowest BCUT2D eigenvalue weighted by molar-refractivity contribution is -0.146. The van der Waals surface area contributed by atoms with Gasteiger partial charge in [-0.2, -0.15) is 0 Å². The first kappa shape index (κ1) is 22.9. The van der Waals surface area contributed by atoms with Crippen LogP contribution in [-0.2, 0) is 24.2 Å². The molecule has 174 valence electrons. The van der Waals surface area contributed by atoms with E-state index in [-0.39, 0.29) is 0 Å². The molecule has 2 aromatic carbocycles. The molecule has 3 heterocycles. The number of aromatic nitrogens is 2. The summed E-state index contributed by atoms with van der Waals surface area (Å²) in [5.41, 5.74) is 4.19. The zero-order chi connectivity index (χ0) is 23.9. The highest BCUT2D eigenvalue weighted by atomic mass is 35.5. The summed E-state index contributed by atoms with van der Waals surface area (Å²) in [4.78, 5) is 19.9. The van der Waals surface area contributed by atoms with Crippen molar-refractivity contribution < 1.29 is 14.6 Å². The lowest BCUT2D eigenvalue weighted by atomic mass is 9.86. The molecule has 8 heteroatoms. The minimum atomic E-state index is -0.896. The van der Waals surface area contributed by atoms with E-state index < -0.39 is 11.4 Å². The Morgan fingerprint density at radius 3 is 2.71 bits per heavy atom. The zero-order valence-electron chi connectivity index (χ0n) is 18.7. The number of hydrogen-bond acceptors (Lipinski definition) is 5. The summed E-state index contributed by atoms with van der Waals surface area (Å²) in [5, 5.41) is 14.4. The fraction of sp³-hybridized carbons (Fsp3) is 0.231. The average Bonchev–Trinajstić information content (AvgIpc) is 3.47. The number of fused-ring (bicyclic) bond motifs is 2. The van der Waals surface area contributed by atoms with Crippen LogP contribution in [0.3, 0.4) is 0 Å². The fourth-order valence-electron chi connectivity index (χ4n) is 3.97. The fourth-order valence-corrected chi connectivity index (χ4v) is 5.99. The van der Waals surface area contributed by atoms with Gasteiger partial charge in [0, 0.05) is 28.0 Å². The number of nitrogens with zero attached hydrogens (tertiary/aromatic N) is 1. The number of H-pyrrole nitrogens is 1. The number of ether oxygens (including phenoxy) is 1. The number of nitrogens with one attached hydrogen (secondary N) is 1. The van der Waals surface area contributed by atoms with E-state index in [1.54, 1.807) is 36.5 Å². The average molecular weight is 511 g/mol. The smallest absolute Gasteiger partial charge is 0.309 e. The van der Waals surface area contributed by atoms with Crippen LogP contribution in [0.5, 0.6) is 5.75 Å². The standard InChI is InChI=1S/C26H23ClN2O3S2/c1-26(2,25(30)31)13-22-18(11-15-3-5-16(27)6-4-15)19-12-17(7-8-20(19)28-22)32-14-23-29-21-9-10-33-24(21)34-23/h3-10,12,28H,11,13-14H2,1-2H3,(H,30,31). The van der Waals surface area contributed by atoms with E-state index in [4.69, 9.17) is 16.3 Å². The first-order chi connectivity index (χ1) is 16.3. The molecule has 0 atom stereocenters. The summed E-state index contributed by atoms with van der Waals surface area (Å²) in [6.07, 6.45) is 1.06. The maximum absolute atomic E-state index is 11.8. The van der Waals surface area contributed by atoms with Gasteiger partial charge in [0.05, 0.1) is 10.9 Å². The molecule has 34 heavy (non-hydrogen) atoms. The van der Waals surface area contributed by atoms with E-state index in [9.17, 15) is 9.90 Å². The largest absolute Gasteiger partial charge is 0.486 e. The van der Waals surface area contributed by atoms with Gasteiger partial charge in [0.15, 0.2) is 0 Å². The lowest BCUT2D eigenvalue weighted by Crippen LogP contribution is -2.26. The van der Waals surface area contributed by atoms with E-state index in [0.29, 0.717) is 24.5 Å². The lowest BCUT2D eigenvalue weighted by Gasteiger charge is -2.19. The Morgan fingerprint density at radius 1 is 1.18 bits per heavy atom. The molecule has 0 aliphatic rings. The minimum absolute atomic E-state index is 0.395. The first-order valence-corrected chi connectivity index (χ1v) is 12.9. The SMILES string of the molecule is CC(C)(Cc1[nH]c2ccc(OCc3nc4ccsc4s3)cc2c1Cc1ccc(Cl)cc1)C(=O)O. The van der Waals surface area contributed by atoms with E-state index in [1.807, 2.05) is 53.9 Å². The second-order valence-corrected chi connectivity index (χ2v) is 11.6. The molecule has 0 bridgehead atoms. The third kappa shape index (κ3) is 4.69. The van der Waals surface area contributed by atoms with Gasteiger partial charge >= 0.3 is 5.97 Å². The van der Waals surface area contributed by atoms with Crippen LogP contribution in [0, 0.1) is 5.41 Å². The van der Waals surface area contributed by atoms with Crippen molar-refractivity contribution in [3.05, 3.63) is 80.8 Å². The number of benzene rings is 2. The highest BCUT2D eigenvalue weighted by Crippen LogP contribution is 2.34. The Labute approximate surface area is 210 Å². The predicted octanol–water partition coefficient (Wildman–Crippen LogP) is 7.32. The molecule has 5 rings (SSSR count). The molecule has 0 fully saturated rings. The molecule has 0 aliphatic heterocycles. The molecule has 0 saturated heterocycles. The highest BCUT2D eigenvalue weighted by Gasteiger charge is 2.29. The van der Waals surface area contributed by atoms with Gasteiger partial charge in [-0.1, -0.05) is 23.7 Å². The van der Waals surface area contributed by atoms with Gasteiger partial charge in [-0.3, -0.25) is 4.79 Å². The summed E-state index contributed by atoms with van der Waals surface area (Å²) in [7, 11) is 0. The van der Waals surface area contributed by atoms with Crippen molar-refractivity contribution in [2.24, 2.45) is 5.41 Å². The molecule has 5 aromatic rings. The van der Waals surface area contributed by atoms with Gasteiger partial charge in [-0.15, -0.1) is 22.7 Å². The molecule has 0 saturated carbocycles. The Balaban J connectivity index is 1.48. The molecule has 0 unspecified atom stereocenters. The van der Waals surface area contributed by atoms with E-state index in [0.717, 1.165) is 44.0 Å². The van der Waals surface area contributed by atoms with Crippen LogP contribution in [0.2, 0.25) is 5.02 Å². The molecule has 0 aliphatic carbocycles. The highest BCUT2D eigenvalue weighted by molar-refractivity contribution is 7.37. The molecular weight excluding hydrogens is 488 g/mol. The summed E-state index contributed by atoms with van der Waals surface area (Å²) in [6, 6.07) is 15.7. The molecular formula is C26H23ClN2O3S2. The number of thiophene rings is 1. The van der Waals surface area contributed by atoms with Crippen LogP contribution in [0.1, 0.15) is 35.7 Å². The van der Waals surface area contributed by atoms with Crippen LogP contribution < -0.4 is 4.74 Å². The van der Waals surface area contributed by atoms with Gasteiger partial charge in [0.1, 0.15) is 21.4 Å². The second-order valence-electron chi connectivity index (χ2n) is 8.95. The quantitative estimate of drug-likeness (QED) is 0.229. The van der Waals surface area contributed by atoms with Crippen molar-refractivity contribution in [1.82, 2.24) is 9.97 Å². The Bertz CT molecular complexity index is 1450. The molecule has 5 nitrogen and oxygen atoms in total. The third-order valence-electron chi connectivity index (χ3n) is 5.89. The van der Waals surface area contributed by atoms with Gasteiger partial charge in [-0.05, 0) is 73.2 Å². The number of carbonyl (C=O) groups is 1. The molecule has 0 spiro atoms. The summed E-state index contributed by atoms with van der Waals surface area (Å²) >= 11 is 9.42. The number of halogens is 1. The van der Waals surface area contributed by atoms with Crippen molar-refractivity contribution in [3.8, 4) is 5.75 Å². The number of carboxylic acids is 1. The van der Waals surface area contributed by atoms with Crippen LogP contribution in [0.25, 0.3) is 20.4 Å². The third-order valence-corrected chi connectivity index (χ3v) is 8.21. The van der Waals surface area contributed by atoms with Crippen molar-refractivity contribution in [2.75, 3.05) is 0 Å². The van der Waals surface area contributed by atoms with Gasteiger partial charge in [0.2, 0.25) is 0 Å². The summed E-state index contributed by atoms with van der Waals surface area (Å²) < 4.78 is 7.30. The monoisotopic (exact) mass is 510 g/mol. The first-order valence-electron chi connectivity index (χ1n) is 10.9. The minimum Gasteiger partial charge on any atom is -0.486 e. The number of rotatable bonds is 8. The number of aromatic amines is 1. The Hall–Kier alpha value is -2.87. The number of aliphatic carboxylic acids is 1. The maximum atomic E-state index is 11.8. The number of hydrogen-bond donors (Lipinski definition) is 2. The topological polar surface area (TPSA) is 75.2 Å². The van der Waals surface area contributed by atoms with E-state index in [2.05, 4.69) is 9.97 Å². The zero-order valence-corrected chi connectivity index (χ0v) is 21.1. The summed E-state index contributed by atoms with van der Waals surface area (Å²) in [6.45, 7) is 3.91. The summed E-state index contributed by atoms with van der Waals surface area (Å²) in [5.74, 6) is -0.0672. The van der Waals surface area contributed by atoms with Crippen LogP contribution in [-0.4, -0.2) is 21.0 Å². The number of thiazole rings is 1. The van der Waals surface area contributed by atoms with Crippen LogP contribution >= 0.6 is 34.3 Å². The van der Waals surface area contributed by atoms with Gasteiger partial charge in [0.25, 0.3) is 0 Å². The van der Waals surface area contributed by atoms with Crippen LogP contribution in [0.4, 0.5) is 0 Å². The Kier molecular flexibility index (Phi) is 6.10. The van der Waals surface area contributed by atoms with Gasteiger partial charge in [-0.25, -0.2) is 4.98 Å². The second kappa shape index (κ2) is 9.06. The van der Waals surface area contributed by atoms with E-state index in [1.165, 1.54) is 4.01 Å². The molecule has 0 amide bonds. The van der Waals surface area contributed by atoms with Gasteiger partial charge < -0.3 is 14.8 Å². The van der Waals surface area contributed by atoms with Crippen LogP contribution in [0.15, 0.2) is 53.9 Å². The molecule has 0 radical (unpaired) electrons. The molecule has 3 aromatic heterocycles. The molecule has 2 N–H and O–H groups in total. The predicted molar refractivity (Wildman–Crippen MR) is 140 cm³/mol. The normalized spacial score (nSPS) is 12.0. The van der Waals surface area contributed by atoms with Crippen molar-refractivity contribution in [3.63, 3.8) is 0 Å². The van der Waals surface area contributed by atoms with Crippen molar-refractivity contribution in [1.29, 1.82) is 0 Å². The van der Waals surface area contributed by atoms with E-state index >= 15 is 0 Å². The van der Waals surface area contributed by atoms with Crippen molar-refractivity contribution >= 4 is 60.7 Å².